The van der Waals surface area contributed by atoms with Crippen LogP contribution in [-0.4, -0.2) is 29.1 Å². The van der Waals surface area contributed by atoms with E-state index in [1.54, 1.807) is 11.3 Å². The molecule has 1 aromatic heterocycles. The molecular weight excluding hydrogens is 274 g/mol. The second kappa shape index (κ2) is 7.31. The minimum absolute atomic E-state index is 0.0498. The zero-order valence-corrected chi connectivity index (χ0v) is 12.9. The van der Waals surface area contributed by atoms with Crippen molar-refractivity contribution < 1.29 is 14.6 Å². The summed E-state index contributed by atoms with van der Waals surface area (Å²) in [7, 11) is 0. The third-order valence-electron chi connectivity index (χ3n) is 3.35. The number of rotatable bonds is 6. The molecule has 1 fully saturated rings. The van der Waals surface area contributed by atoms with Gasteiger partial charge in [0.05, 0.1) is 17.0 Å². The number of hydrogen-bond donors (Lipinski definition) is 1. The summed E-state index contributed by atoms with van der Waals surface area (Å²) in [6.07, 6.45) is 8.89. The fraction of sp³-hybridized carbons (Fsp3) is 0.667. The lowest BCUT2D eigenvalue weighted by Crippen LogP contribution is -2.41. The number of thiazole rings is 1. The molecule has 1 aliphatic rings. The summed E-state index contributed by atoms with van der Waals surface area (Å²) in [5.74, 6) is -0.222. The summed E-state index contributed by atoms with van der Waals surface area (Å²) in [6, 6.07) is 0. The fourth-order valence-corrected chi connectivity index (χ4v) is 3.02. The molecule has 0 aromatic carbocycles. The molecule has 2 atom stereocenters. The van der Waals surface area contributed by atoms with E-state index in [1.807, 2.05) is 25.6 Å². The van der Waals surface area contributed by atoms with Gasteiger partial charge in [0.1, 0.15) is 6.10 Å². The van der Waals surface area contributed by atoms with Crippen molar-refractivity contribution in [2.75, 3.05) is 13.2 Å². The minimum atomic E-state index is -0.536. The maximum absolute atomic E-state index is 8.76. The summed E-state index contributed by atoms with van der Waals surface area (Å²) < 4.78 is 11.9. The first-order valence-electron chi connectivity index (χ1n) is 7.08. The largest absolute Gasteiger partial charge is 0.396 e. The van der Waals surface area contributed by atoms with E-state index < -0.39 is 5.79 Å². The number of aliphatic hydroxyl groups excluding tert-OH is 1. The van der Waals surface area contributed by atoms with Gasteiger partial charge in [0.2, 0.25) is 0 Å². The number of hydrogen-bond acceptors (Lipinski definition) is 5. The minimum Gasteiger partial charge on any atom is -0.396 e. The van der Waals surface area contributed by atoms with Crippen LogP contribution in [0.25, 0.3) is 0 Å². The van der Waals surface area contributed by atoms with Gasteiger partial charge in [0, 0.05) is 18.7 Å². The Morgan fingerprint density at radius 1 is 1.50 bits per heavy atom. The molecule has 2 heterocycles. The van der Waals surface area contributed by atoms with Crippen LogP contribution >= 0.6 is 11.3 Å². The van der Waals surface area contributed by atoms with E-state index in [0.29, 0.717) is 12.5 Å². The highest BCUT2D eigenvalue weighted by molar-refractivity contribution is 7.09. The second-order valence-electron chi connectivity index (χ2n) is 5.49. The molecule has 4 nitrogen and oxygen atoms in total. The average molecular weight is 297 g/mol. The van der Waals surface area contributed by atoms with E-state index in [0.717, 1.165) is 24.1 Å². The summed E-state index contributed by atoms with van der Waals surface area (Å²) in [4.78, 5) is 5.31. The van der Waals surface area contributed by atoms with Crippen molar-refractivity contribution in [3.05, 3.63) is 28.7 Å². The van der Waals surface area contributed by atoms with E-state index >= 15 is 0 Å². The maximum Gasteiger partial charge on any atom is 0.163 e. The lowest BCUT2D eigenvalue weighted by atomic mass is 9.96. The van der Waals surface area contributed by atoms with Gasteiger partial charge in [0.15, 0.2) is 5.79 Å². The standard InChI is InChI=1S/C15H23NO3S/c1-15(2)18-10-12(7-5-3-4-6-8-17)14(19-15)13-9-16-11-20-13/h3,5,9,11-12,14,17H,4,6-8,10H2,1-2H3/t12-,14+/m1/s1. The second-order valence-corrected chi connectivity index (χ2v) is 6.40. The van der Waals surface area contributed by atoms with Gasteiger partial charge in [0.25, 0.3) is 0 Å². The predicted octanol–water partition coefficient (Wildman–Crippen LogP) is 3.30. The van der Waals surface area contributed by atoms with Gasteiger partial charge in [-0.3, -0.25) is 4.98 Å². The Morgan fingerprint density at radius 3 is 3.05 bits per heavy atom. The van der Waals surface area contributed by atoms with Crippen LogP contribution in [0.15, 0.2) is 23.9 Å². The van der Waals surface area contributed by atoms with Crippen molar-refractivity contribution in [3.8, 4) is 0 Å². The van der Waals surface area contributed by atoms with Gasteiger partial charge >= 0.3 is 0 Å². The normalized spacial score (nSPS) is 26.1. The quantitative estimate of drug-likeness (QED) is 0.646. The van der Waals surface area contributed by atoms with Crippen LogP contribution in [0.3, 0.4) is 0 Å². The fourth-order valence-electron chi connectivity index (χ4n) is 2.28. The molecule has 1 N–H and O–H groups in total. The number of ether oxygens (including phenoxy) is 2. The van der Waals surface area contributed by atoms with Crippen molar-refractivity contribution in [1.82, 2.24) is 4.98 Å². The van der Waals surface area contributed by atoms with Gasteiger partial charge in [-0.15, -0.1) is 11.3 Å². The van der Waals surface area contributed by atoms with Crippen molar-refractivity contribution >= 4 is 11.3 Å². The maximum atomic E-state index is 8.76. The highest BCUT2D eigenvalue weighted by Gasteiger charge is 2.37. The summed E-state index contributed by atoms with van der Waals surface area (Å²) in [5, 5.41) is 8.76. The van der Waals surface area contributed by atoms with Crippen molar-refractivity contribution in [3.63, 3.8) is 0 Å². The Bertz CT molecular complexity index is 417. The zero-order valence-electron chi connectivity index (χ0n) is 12.1. The van der Waals surface area contributed by atoms with Gasteiger partial charge in [-0.25, -0.2) is 0 Å². The molecule has 0 aliphatic carbocycles. The van der Waals surface area contributed by atoms with Crippen molar-refractivity contribution in [1.29, 1.82) is 0 Å². The first-order valence-corrected chi connectivity index (χ1v) is 7.96. The number of unbranched alkanes of at least 4 members (excludes halogenated alkanes) is 1. The van der Waals surface area contributed by atoms with Crippen LogP contribution in [0.4, 0.5) is 0 Å². The van der Waals surface area contributed by atoms with Crippen LogP contribution in [0.5, 0.6) is 0 Å². The topological polar surface area (TPSA) is 51.6 Å². The molecule has 112 valence electrons. The van der Waals surface area contributed by atoms with Gasteiger partial charge in [-0.05, 0) is 33.1 Å². The first kappa shape index (κ1) is 15.6. The van der Waals surface area contributed by atoms with E-state index in [-0.39, 0.29) is 12.7 Å². The number of aromatic nitrogens is 1. The van der Waals surface area contributed by atoms with Crippen LogP contribution in [0, 0.1) is 5.92 Å². The molecule has 2 rings (SSSR count). The van der Waals surface area contributed by atoms with E-state index in [1.165, 1.54) is 0 Å². The highest BCUT2D eigenvalue weighted by Crippen LogP contribution is 2.39. The van der Waals surface area contributed by atoms with Gasteiger partial charge in [-0.2, -0.15) is 0 Å². The first-order chi connectivity index (χ1) is 9.62. The van der Waals surface area contributed by atoms with Crippen LogP contribution in [0.1, 0.15) is 44.1 Å². The summed E-state index contributed by atoms with van der Waals surface area (Å²) in [6.45, 7) is 4.85. The number of nitrogens with zero attached hydrogens (tertiary/aromatic N) is 1. The smallest absolute Gasteiger partial charge is 0.163 e. The van der Waals surface area contributed by atoms with E-state index in [2.05, 4.69) is 17.1 Å². The van der Waals surface area contributed by atoms with E-state index in [9.17, 15) is 0 Å². The molecule has 1 aliphatic heterocycles. The lowest BCUT2D eigenvalue weighted by molar-refractivity contribution is -0.294. The highest BCUT2D eigenvalue weighted by atomic mass is 32.1. The molecule has 0 radical (unpaired) electrons. The summed E-state index contributed by atoms with van der Waals surface area (Å²) in [5.41, 5.74) is 1.84. The third-order valence-corrected chi connectivity index (χ3v) is 4.19. The monoisotopic (exact) mass is 297 g/mol. The third kappa shape index (κ3) is 4.38. The van der Waals surface area contributed by atoms with Crippen molar-refractivity contribution in [2.45, 2.75) is 45.0 Å². The Kier molecular flexibility index (Phi) is 5.72. The van der Waals surface area contributed by atoms with Crippen LogP contribution < -0.4 is 0 Å². The molecule has 20 heavy (non-hydrogen) atoms. The molecule has 0 spiro atoms. The molecular formula is C15H23NO3S. The Hall–Kier alpha value is -0.750. The van der Waals surface area contributed by atoms with Crippen molar-refractivity contribution in [2.24, 2.45) is 5.92 Å². The molecule has 0 saturated carbocycles. The summed E-state index contributed by atoms with van der Waals surface area (Å²) >= 11 is 1.63. The Labute approximate surface area is 124 Å². The number of allylic oxidation sites excluding steroid dienone is 2. The van der Waals surface area contributed by atoms with Gasteiger partial charge < -0.3 is 14.6 Å². The van der Waals surface area contributed by atoms with Crippen LogP contribution in [-0.2, 0) is 9.47 Å². The molecule has 0 bridgehead atoms. The number of aliphatic hydroxyl groups is 1. The Balaban J connectivity index is 1.97. The molecule has 0 amide bonds. The van der Waals surface area contributed by atoms with Crippen LogP contribution in [0.2, 0.25) is 0 Å². The average Bonchev–Trinajstić information content (AvgIpc) is 2.93. The zero-order chi connectivity index (χ0) is 14.4. The SMILES string of the molecule is CC1(C)OC[C@@H](CC=CCCCO)[C@@H](c2cncs2)O1. The van der Waals surface area contributed by atoms with E-state index in [4.69, 9.17) is 14.6 Å². The predicted molar refractivity (Wildman–Crippen MR) is 79.5 cm³/mol. The molecule has 1 saturated heterocycles. The van der Waals surface area contributed by atoms with Gasteiger partial charge in [-0.1, -0.05) is 12.2 Å². The molecule has 0 unspecified atom stereocenters. The lowest BCUT2D eigenvalue weighted by Gasteiger charge is -2.40. The molecule has 1 aromatic rings. The Morgan fingerprint density at radius 2 is 2.35 bits per heavy atom. The molecule has 5 heteroatoms.